The lowest BCUT2D eigenvalue weighted by atomic mass is 10.0. The van der Waals surface area contributed by atoms with Gasteiger partial charge in [-0.1, -0.05) is 54.6 Å². The van der Waals surface area contributed by atoms with Gasteiger partial charge in [0.05, 0.1) is 5.57 Å². The lowest BCUT2D eigenvalue weighted by molar-refractivity contribution is -0.130. The molecule has 0 aliphatic rings. The van der Waals surface area contributed by atoms with Crippen LogP contribution in [0.3, 0.4) is 0 Å². The van der Waals surface area contributed by atoms with E-state index in [1.165, 1.54) is 0 Å². The van der Waals surface area contributed by atoms with Crippen molar-refractivity contribution in [2.75, 3.05) is 13.2 Å². The van der Waals surface area contributed by atoms with Gasteiger partial charge in [-0.2, -0.15) is 0 Å². The number of benzene rings is 3. The van der Waals surface area contributed by atoms with Crippen LogP contribution in [0, 0.1) is 6.92 Å². The van der Waals surface area contributed by atoms with Gasteiger partial charge in [-0.15, -0.1) is 0 Å². The van der Waals surface area contributed by atoms with E-state index in [4.69, 9.17) is 9.47 Å². The molecule has 28 heavy (non-hydrogen) atoms. The van der Waals surface area contributed by atoms with Gasteiger partial charge in [0.2, 0.25) is 0 Å². The quantitative estimate of drug-likeness (QED) is 0.339. The molecule has 0 saturated carbocycles. The molecule has 0 radical (unpaired) electrons. The molecular weight excluding hydrogens is 352 g/mol. The molecule has 0 saturated heterocycles. The number of carboxylic acids is 1. The maximum absolute atomic E-state index is 11.6. The van der Waals surface area contributed by atoms with Gasteiger partial charge in [-0.05, 0) is 54.0 Å². The molecular formula is C24H22O4. The topological polar surface area (TPSA) is 55.8 Å². The monoisotopic (exact) mass is 374 g/mol. The van der Waals surface area contributed by atoms with Crippen molar-refractivity contribution in [3.63, 3.8) is 0 Å². The Labute approximate surface area is 164 Å². The highest BCUT2D eigenvalue weighted by atomic mass is 16.5. The van der Waals surface area contributed by atoms with Gasteiger partial charge in [0.1, 0.15) is 24.7 Å². The van der Waals surface area contributed by atoms with Crippen LogP contribution < -0.4 is 9.47 Å². The minimum absolute atomic E-state index is 0.237. The fraction of sp³-hybridized carbons (Fsp3) is 0.125. The summed E-state index contributed by atoms with van der Waals surface area (Å²) in [6.45, 7) is 2.84. The Morgan fingerprint density at radius 1 is 0.857 bits per heavy atom. The number of hydrogen-bond acceptors (Lipinski definition) is 3. The van der Waals surface area contributed by atoms with Crippen molar-refractivity contribution in [2.45, 2.75) is 6.92 Å². The molecule has 0 fully saturated rings. The summed E-state index contributed by atoms with van der Waals surface area (Å²) in [6, 6.07) is 24.3. The molecule has 0 aliphatic heterocycles. The number of aliphatic carboxylic acids is 1. The Morgan fingerprint density at radius 3 is 2.14 bits per heavy atom. The summed E-state index contributed by atoms with van der Waals surface area (Å²) in [5, 5.41) is 9.54. The van der Waals surface area contributed by atoms with E-state index in [1.807, 2.05) is 73.7 Å². The largest absolute Gasteiger partial charge is 0.490 e. The van der Waals surface area contributed by atoms with E-state index in [2.05, 4.69) is 0 Å². The third kappa shape index (κ3) is 5.48. The van der Waals surface area contributed by atoms with Crippen molar-refractivity contribution in [1.29, 1.82) is 0 Å². The summed E-state index contributed by atoms with van der Waals surface area (Å²) in [6.07, 6.45) is 1.65. The molecule has 0 amide bonds. The maximum atomic E-state index is 11.6. The molecule has 0 aromatic heterocycles. The van der Waals surface area contributed by atoms with Gasteiger partial charge in [-0.3, -0.25) is 0 Å². The molecule has 4 heteroatoms. The molecule has 1 N–H and O–H groups in total. The SMILES string of the molecule is Cc1cccc(OCCOc2cccc(/C=C(\C(=O)O)c3ccccc3)c2)c1. The third-order valence-electron chi connectivity index (χ3n) is 4.09. The highest BCUT2D eigenvalue weighted by Crippen LogP contribution is 2.21. The zero-order valence-corrected chi connectivity index (χ0v) is 15.7. The summed E-state index contributed by atoms with van der Waals surface area (Å²) in [7, 11) is 0. The molecule has 3 aromatic carbocycles. The highest BCUT2D eigenvalue weighted by Gasteiger charge is 2.10. The Balaban J connectivity index is 1.64. The van der Waals surface area contributed by atoms with E-state index >= 15 is 0 Å². The molecule has 4 nitrogen and oxygen atoms in total. The second-order valence-electron chi connectivity index (χ2n) is 6.32. The third-order valence-corrected chi connectivity index (χ3v) is 4.09. The van der Waals surface area contributed by atoms with Crippen LogP contribution in [0.4, 0.5) is 0 Å². The molecule has 0 aliphatic carbocycles. The number of hydrogen-bond donors (Lipinski definition) is 1. The Morgan fingerprint density at radius 2 is 1.50 bits per heavy atom. The molecule has 0 bridgehead atoms. The summed E-state index contributed by atoms with van der Waals surface area (Å²) in [4.78, 5) is 11.6. The van der Waals surface area contributed by atoms with Gasteiger partial charge in [0.15, 0.2) is 0 Å². The number of carbonyl (C=O) groups is 1. The van der Waals surface area contributed by atoms with E-state index in [0.29, 0.717) is 24.5 Å². The fourth-order valence-corrected chi connectivity index (χ4v) is 2.77. The number of carboxylic acid groups (broad SMARTS) is 1. The Bertz CT molecular complexity index is 961. The predicted molar refractivity (Wildman–Crippen MR) is 111 cm³/mol. The molecule has 0 atom stereocenters. The molecule has 0 heterocycles. The van der Waals surface area contributed by atoms with Crippen LogP contribution in [0.15, 0.2) is 78.9 Å². The van der Waals surface area contributed by atoms with Gasteiger partial charge in [0, 0.05) is 0 Å². The Kier molecular flexibility index (Phi) is 6.47. The van der Waals surface area contributed by atoms with E-state index in [0.717, 1.165) is 16.9 Å². The second-order valence-corrected chi connectivity index (χ2v) is 6.32. The first kappa shape index (κ1) is 19.2. The number of rotatable bonds is 8. The summed E-state index contributed by atoms with van der Waals surface area (Å²) >= 11 is 0. The van der Waals surface area contributed by atoms with Gasteiger partial charge >= 0.3 is 5.97 Å². The number of ether oxygens (including phenoxy) is 2. The zero-order chi connectivity index (χ0) is 19.8. The average Bonchev–Trinajstić information content (AvgIpc) is 2.70. The summed E-state index contributed by atoms with van der Waals surface area (Å²) in [5.74, 6) is 0.512. The zero-order valence-electron chi connectivity index (χ0n) is 15.7. The van der Waals surface area contributed by atoms with Crippen molar-refractivity contribution in [3.05, 3.63) is 95.6 Å². The fourth-order valence-electron chi connectivity index (χ4n) is 2.77. The molecule has 3 aromatic rings. The van der Waals surface area contributed by atoms with Gasteiger partial charge < -0.3 is 14.6 Å². The first-order chi connectivity index (χ1) is 13.6. The maximum Gasteiger partial charge on any atom is 0.336 e. The van der Waals surface area contributed by atoms with Crippen LogP contribution in [0.1, 0.15) is 16.7 Å². The molecule has 0 unspecified atom stereocenters. The minimum Gasteiger partial charge on any atom is -0.490 e. The van der Waals surface area contributed by atoms with Crippen molar-refractivity contribution < 1.29 is 19.4 Å². The predicted octanol–water partition coefficient (Wildman–Crippen LogP) is 5.08. The molecule has 3 rings (SSSR count). The van der Waals surface area contributed by atoms with Crippen LogP contribution in [-0.4, -0.2) is 24.3 Å². The van der Waals surface area contributed by atoms with E-state index < -0.39 is 5.97 Å². The number of aryl methyl sites for hydroxylation is 1. The van der Waals surface area contributed by atoms with Crippen LogP contribution in [-0.2, 0) is 4.79 Å². The molecule has 142 valence electrons. The Hall–Kier alpha value is -3.53. The van der Waals surface area contributed by atoms with Crippen LogP contribution in [0.5, 0.6) is 11.5 Å². The molecule has 0 spiro atoms. The van der Waals surface area contributed by atoms with E-state index in [-0.39, 0.29) is 5.57 Å². The van der Waals surface area contributed by atoms with Crippen molar-refractivity contribution in [3.8, 4) is 11.5 Å². The standard InChI is InChI=1S/C24H22O4/c1-18-7-5-11-21(15-18)27-13-14-28-22-12-6-8-19(16-22)17-23(24(25)26)20-9-3-2-4-10-20/h2-12,15-17H,13-14H2,1H3,(H,25,26)/b23-17-. The van der Waals surface area contributed by atoms with E-state index in [1.54, 1.807) is 18.2 Å². The van der Waals surface area contributed by atoms with Crippen LogP contribution >= 0.6 is 0 Å². The first-order valence-corrected chi connectivity index (χ1v) is 9.04. The smallest absolute Gasteiger partial charge is 0.336 e. The normalized spacial score (nSPS) is 11.1. The first-order valence-electron chi connectivity index (χ1n) is 9.04. The lowest BCUT2D eigenvalue weighted by Crippen LogP contribution is -2.09. The summed E-state index contributed by atoms with van der Waals surface area (Å²) in [5.41, 5.74) is 2.80. The van der Waals surface area contributed by atoms with Gasteiger partial charge in [-0.25, -0.2) is 4.79 Å². The van der Waals surface area contributed by atoms with E-state index in [9.17, 15) is 9.90 Å². The van der Waals surface area contributed by atoms with Gasteiger partial charge in [0.25, 0.3) is 0 Å². The van der Waals surface area contributed by atoms with Crippen molar-refractivity contribution >= 4 is 17.6 Å². The lowest BCUT2D eigenvalue weighted by Gasteiger charge is -2.09. The van der Waals surface area contributed by atoms with Crippen LogP contribution in [0.25, 0.3) is 11.6 Å². The highest BCUT2D eigenvalue weighted by molar-refractivity contribution is 6.20. The van der Waals surface area contributed by atoms with Crippen molar-refractivity contribution in [2.24, 2.45) is 0 Å². The average molecular weight is 374 g/mol. The second kappa shape index (κ2) is 9.42. The summed E-state index contributed by atoms with van der Waals surface area (Å²) < 4.78 is 11.4. The minimum atomic E-state index is -0.968. The van der Waals surface area contributed by atoms with Crippen LogP contribution in [0.2, 0.25) is 0 Å². The van der Waals surface area contributed by atoms with Crippen molar-refractivity contribution in [1.82, 2.24) is 0 Å².